The molecule has 0 saturated heterocycles. The molecule has 3 atom stereocenters. The van der Waals surface area contributed by atoms with E-state index in [2.05, 4.69) is 91.3 Å². The number of hydrogen-bond donors (Lipinski definition) is 3. The van der Waals surface area contributed by atoms with E-state index in [1.165, 1.54) is 96.3 Å². The predicted octanol–water partition coefficient (Wildman–Crippen LogP) is 14.1. The second kappa shape index (κ2) is 46.4. The van der Waals surface area contributed by atoms with Crippen molar-refractivity contribution in [1.29, 1.82) is 0 Å². The minimum Gasteiger partial charge on any atom is -0.480 e. The number of carboxylic acid groups (broad SMARTS) is 1. The minimum atomic E-state index is -4.73. The summed E-state index contributed by atoms with van der Waals surface area (Å²) in [5, 5.41) is 8.92. The van der Waals surface area contributed by atoms with Gasteiger partial charge < -0.3 is 25.2 Å². The number of carbonyl (C=O) groups is 3. The zero-order valence-electron chi connectivity index (χ0n) is 40.1. The summed E-state index contributed by atoms with van der Waals surface area (Å²) in [6, 6.07) is -1.53. The number of phosphoric ester groups is 1. The second-order valence-corrected chi connectivity index (χ2v) is 18.0. The number of rotatable bonds is 46. The highest BCUT2D eigenvalue weighted by molar-refractivity contribution is 7.47. The van der Waals surface area contributed by atoms with Crippen LogP contribution in [0.2, 0.25) is 0 Å². The molecule has 0 aliphatic carbocycles. The quantitative estimate of drug-likeness (QED) is 0.0230. The third kappa shape index (κ3) is 45.5. The molecule has 1 unspecified atom stereocenters. The Hall–Kier alpha value is -3.08. The standard InChI is InChI=1S/C52H90NO10P/c1-3-5-7-9-11-13-15-17-19-21-23-24-26-27-29-31-33-35-37-39-41-43-50(54)60-45-48(46-61-64(58,59)62-47-49(53)52(56)57)63-51(55)44-42-40-38-36-34-32-30-28-25-22-20-18-16-14-12-10-8-6-4-2/h6,8,12,14,17-20,25,28,32,34,48-49H,3-5,7,9-11,13,15-16,21-24,26-27,29-31,33,35-47,53H2,1-2H3,(H,56,57)(H,58,59)/b8-6+,14-12+,19-17+,20-18+,28-25+,34-32+/t48-,49+/m1/s1. The lowest BCUT2D eigenvalue weighted by atomic mass is 10.0. The Morgan fingerprint density at radius 2 is 0.875 bits per heavy atom. The van der Waals surface area contributed by atoms with E-state index >= 15 is 0 Å². The monoisotopic (exact) mass is 920 g/mol. The topological polar surface area (TPSA) is 172 Å². The Bertz CT molecular complexity index is 1360. The maximum atomic E-state index is 12.7. The van der Waals surface area contributed by atoms with Crippen molar-refractivity contribution < 1.29 is 47.5 Å². The molecule has 4 N–H and O–H groups in total. The van der Waals surface area contributed by atoms with E-state index in [0.717, 1.165) is 70.6 Å². The molecule has 12 heteroatoms. The number of nitrogens with two attached hydrogens (primary N) is 1. The fraction of sp³-hybridized carbons (Fsp3) is 0.712. The number of ether oxygens (including phenoxy) is 2. The number of carboxylic acids is 1. The van der Waals surface area contributed by atoms with Gasteiger partial charge in [0, 0.05) is 12.8 Å². The van der Waals surface area contributed by atoms with E-state index in [9.17, 15) is 23.8 Å². The molecule has 64 heavy (non-hydrogen) atoms. The van der Waals surface area contributed by atoms with Gasteiger partial charge in [0.2, 0.25) is 0 Å². The van der Waals surface area contributed by atoms with E-state index in [4.69, 9.17) is 24.8 Å². The molecule has 0 heterocycles. The van der Waals surface area contributed by atoms with Crippen LogP contribution in [0, 0.1) is 0 Å². The summed E-state index contributed by atoms with van der Waals surface area (Å²) in [7, 11) is -4.73. The average molecular weight is 920 g/mol. The first-order valence-corrected chi connectivity index (χ1v) is 26.5. The number of unbranched alkanes of at least 4 members (excludes halogenated alkanes) is 20. The van der Waals surface area contributed by atoms with E-state index in [1.807, 2.05) is 0 Å². The second-order valence-electron chi connectivity index (χ2n) is 16.6. The van der Waals surface area contributed by atoms with Gasteiger partial charge in [-0.3, -0.25) is 23.4 Å². The van der Waals surface area contributed by atoms with Crippen molar-refractivity contribution in [1.82, 2.24) is 0 Å². The van der Waals surface area contributed by atoms with Crippen LogP contribution in [-0.4, -0.2) is 59.9 Å². The largest absolute Gasteiger partial charge is 0.480 e. The summed E-state index contributed by atoms with van der Waals surface area (Å²) >= 11 is 0. The molecule has 0 saturated carbocycles. The third-order valence-electron chi connectivity index (χ3n) is 10.4. The summed E-state index contributed by atoms with van der Waals surface area (Å²) in [5.41, 5.74) is 5.35. The Morgan fingerprint density at radius 3 is 1.34 bits per heavy atom. The van der Waals surface area contributed by atoms with Crippen LogP contribution < -0.4 is 5.73 Å². The molecule has 0 amide bonds. The van der Waals surface area contributed by atoms with Gasteiger partial charge in [-0.15, -0.1) is 0 Å². The van der Waals surface area contributed by atoms with Crippen molar-refractivity contribution in [2.24, 2.45) is 5.73 Å². The van der Waals surface area contributed by atoms with Crippen molar-refractivity contribution in [3.63, 3.8) is 0 Å². The van der Waals surface area contributed by atoms with E-state index in [0.29, 0.717) is 12.8 Å². The molecule has 0 aliphatic heterocycles. The molecule has 0 aliphatic rings. The minimum absolute atomic E-state index is 0.119. The summed E-state index contributed by atoms with van der Waals surface area (Å²) in [6.07, 6.45) is 56.8. The molecule has 0 spiro atoms. The van der Waals surface area contributed by atoms with Crippen LogP contribution >= 0.6 is 7.82 Å². The van der Waals surface area contributed by atoms with Gasteiger partial charge in [0.1, 0.15) is 12.6 Å². The first kappa shape index (κ1) is 60.9. The summed E-state index contributed by atoms with van der Waals surface area (Å²) < 4.78 is 32.8. The Morgan fingerprint density at radius 1 is 0.500 bits per heavy atom. The maximum absolute atomic E-state index is 12.7. The van der Waals surface area contributed by atoms with Crippen molar-refractivity contribution in [3.05, 3.63) is 72.9 Å². The molecule has 368 valence electrons. The van der Waals surface area contributed by atoms with Crippen molar-refractivity contribution >= 4 is 25.7 Å². The molecule has 0 rings (SSSR count). The van der Waals surface area contributed by atoms with E-state index < -0.39 is 51.1 Å². The Balaban J connectivity index is 4.32. The number of carbonyl (C=O) groups excluding carboxylic acids is 2. The summed E-state index contributed by atoms with van der Waals surface area (Å²) in [6.45, 7) is 2.67. The molecular weight excluding hydrogens is 830 g/mol. The number of aliphatic carboxylic acids is 1. The lowest BCUT2D eigenvalue weighted by Crippen LogP contribution is -2.34. The number of esters is 2. The number of allylic oxidation sites excluding steroid dienone is 12. The van der Waals surface area contributed by atoms with Gasteiger partial charge in [0.05, 0.1) is 13.2 Å². The highest BCUT2D eigenvalue weighted by atomic mass is 31.2. The Kier molecular flexibility index (Phi) is 44.2. The van der Waals surface area contributed by atoms with Crippen LogP contribution in [0.25, 0.3) is 0 Å². The molecule has 0 fully saturated rings. The summed E-state index contributed by atoms with van der Waals surface area (Å²) in [5.74, 6) is -2.42. The molecule has 0 bridgehead atoms. The van der Waals surface area contributed by atoms with Gasteiger partial charge in [-0.1, -0.05) is 183 Å². The SMILES string of the molecule is CC/C=C/C/C=C/C/C=C/C/C=C/C/C=C/CCCCCC(=O)O[C@H](COC(=O)CCCCCCCCCCCCC/C=C/CCCCCCCC)COP(=O)(O)OC[C@H](N)C(=O)O. The van der Waals surface area contributed by atoms with Crippen LogP contribution in [0.1, 0.15) is 206 Å². The lowest BCUT2D eigenvalue weighted by Gasteiger charge is -2.20. The molecule has 0 radical (unpaired) electrons. The predicted molar refractivity (Wildman–Crippen MR) is 263 cm³/mol. The van der Waals surface area contributed by atoms with Gasteiger partial charge >= 0.3 is 25.7 Å². The number of phosphoric acid groups is 1. The molecule has 0 aromatic rings. The number of hydrogen-bond acceptors (Lipinski definition) is 9. The van der Waals surface area contributed by atoms with Crippen LogP contribution in [0.4, 0.5) is 0 Å². The van der Waals surface area contributed by atoms with E-state index in [-0.39, 0.29) is 19.4 Å². The molecule has 0 aromatic heterocycles. The first-order chi connectivity index (χ1) is 31.1. The fourth-order valence-electron chi connectivity index (χ4n) is 6.56. The van der Waals surface area contributed by atoms with Crippen LogP contribution in [0.5, 0.6) is 0 Å². The highest BCUT2D eigenvalue weighted by Gasteiger charge is 2.28. The highest BCUT2D eigenvalue weighted by Crippen LogP contribution is 2.43. The zero-order chi connectivity index (χ0) is 47.0. The summed E-state index contributed by atoms with van der Waals surface area (Å²) in [4.78, 5) is 46.2. The Labute approximate surface area is 389 Å². The lowest BCUT2D eigenvalue weighted by molar-refractivity contribution is -0.161. The average Bonchev–Trinajstić information content (AvgIpc) is 3.27. The molecule has 11 nitrogen and oxygen atoms in total. The smallest absolute Gasteiger partial charge is 0.472 e. The normalized spacial score (nSPS) is 14.2. The van der Waals surface area contributed by atoms with Gasteiger partial charge in [0.25, 0.3) is 0 Å². The van der Waals surface area contributed by atoms with Crippen molar-refractivity contribution in [3.8, 4) is 0 Å². The van der Waals surface area contributed by atoms with Gasteiger partial charge in [0.15, 0.2) is 6.10 Å². The van der Waals surface area contributed by atoms with Crippen molar-refractivity contribution in [2.75, 3.05) is 19.8 Å². The molecule has 0 aromatic carbocycles. The van der Waals surface area contributed by atoms with E-state index in [1.54, 1.807) is 0 Å². The van der Waals surface area contributed by atoms with Crippen LogP contribution in [-0.2, 0) is 37.5 Å². The van der Waals surface area contributed by atoms with Gasteiger partial charge in [-0.2, -0.15) is 0 Å². The van der Waals surface area contributed by atoms with Crippen LogP contribution in [0.15, 0.2) is 72.9 Å². The van der Waals surface area contributed by atoms with Crippen LogP contribution in [0.3, 0.4) is 0 Å². The zero-order valence-corrected chi connectivity index (χ0v) is 41.0. The van der Waals surface area contributed by atoms with Gasteiger partial charge in [-0.25, -0.2) is 4.57 Å². The third-order valence-corrected chi connectivity index (χ3v) is 11.4. The maximum Gasteiger partial charge on any atom is 0.472 e. The first-order valence-electron chi connectivity index (χ1n) is 25.0. The molecular formula is C52H90NO10P. The van der Waals surface area contributed by atoms with Crippen molar-refractivity contribution in [2.45, 2.75) is 219 Å². The fourth-order valence-corrected chi connectivity index (χ4v) is 7.34. The van der Waals surface area contributed by atoms with Gasteiger partial charge in [-0.05, 0) is 83.5 Å².